The molecule has 0 saturated heterocycles. The van der Waals surface area contributed by atoms with Crippen molar-refractivity contribution < 1.29 is 4.74 Å². The van der Waals surface area contributed by atoms with Crippen molar-refractivity contribution in [2.75, 3.05) is 12.3 Å². The maximum atomic E-state index is 5.99. The van der Waals surface area contributed by atoms with E-state index < -0.39 is 8.07 Å². The van der Waals surface area contributed by atoms with Gasteiger partial charge in [0.2, 0.25) is 0 Å². The minimum atomic E-state index is -1.12. The number of nitrogen functional groups attached to an aromatic ring is 1. The molecule has 4 aromatic rings. The fourth-order valence-electron chi connectivity index (χ4n) is 3.87. The lowest BCUT2D eigenvalue weighted by Gasteiger charge is -2.15. The standard InChI is InChI=1S/C29H33N3OSi/c1-22(24-11-9-12-25(30)20-24)26-13-6-5-10-23(26)16-17-28-27-14-7-8-15-29(27)32(31-28)21-33-18-19-34(2,3)4/h5-17,20H,1,18-19,21,30H2,2-4H3. The van der Waals surface area contributed by atoms with E-state index in [1.165, 1.54) is 0 Å². The molecule has 0 spiro atoms. The first-order valence-electron chi connectivity index (χ1n) is 11.7. The number of ether oxygens (including phenoxy) is 1. The number of nitrogens with two attached hydrogens (primary N) is 1. The number of hydrogen-bond donors (Lipinski definition) is 1. The number of benzene rings is 3. The van der Waals surface area contributed by atoms with Crippen molar-refractivity contribution in [1.29, 1.82) is 0 Å². The van der Waals surface area contributed by atoms with Gasteiger partial charge in [-0.1, -0.05) is 86.9 Å². The van der Waals surface area contributed by atoms with Crippen molar-refractivity contribution in [3.8, 4) is 0 Å². The van der Waals surface area contributed by atoms with Crippen LogP contribution < -0.4 is 5.73 Å². The Bertz CT molecular complexity index is 1330. The van der Waals surface area contributed by atoms with Crippen LogP contribution in [-0.2, 0) is 11.5 Å². The maximum Gasteiger partial charge on any atom is 0.140 e. The molecule has 4 nitrogen and oxygen atoms in total. The smallest absolute Gasteiger partial charge is 0.140 e. The third-order valence-electron chi connectivity index (χ3n) is 5.84. The molecule has 1 heterocycles. The summed E-state index contributed by atoms with van der Waals surface area (Å²) in [4.78, 5) is 0. The van der Waals surface area contributed by atoms with Crippen LogP contribution in [0.5, 0.6) is 0 Å². The predicted molar refractivity (Wildman–Crippen MR) is 148 cm³/mol. The fourth-order valence-corrected chi connectivity index (χ4v) is 4.63. The van der Waals surface area contributed by atoms with Crippen molar-refractivity contribution in [2.45, 2.75) is 32.4 Å². The van der Waals surface area contributed by atoms with Gasteiger partial charge in [0, 0.05) is 25.8 Å². The summed E-state index contributed by atoms with van der Waals surface area (Å²) in [5, 5.41) is 5.97. The molecule has 0 aliphatic heterocycles. The molecule has 0 radical (unpaired) electrons. The molecule has 0 aliphatic rings. The normalized spacial score (nSPS) is 12.0. The second-order valence-corrected chi connectivity index (χ2v) is 15.4. The van der Waals surface area contributed by atoms with E-state index in [-0.39, 0.29) is 0 Å². The Morgan fingerprint density at radius 3 is 2.56 bits per heavy atom. The van der Waals surface area contributed by atoms with E-state index in [2.05, 4.69) is 62.6 Å². The first-order valence-corrected chi connectivity index (χ1v) is 15.4. The van der Waals surface area contributed by atoms with Gasteiger partial charge in [0.1, 0.15) is 6.73 Å². The quantitative estimate of drug-likeness (QED) is 0.161. The zero-order valence-corrected chi connectivity index (χ0v) is 21.3. The molecule has 34 heavy (non-hydrogen) atoms. The van der Waals surface area contributed by atoms with Gasteiger partial charge >= 0.3 is 0 Å². The molecule has 0 bridgehead atoms. The third kappa shape index (κ3) is 5.74. The van der Waals surface area contributed by atoms with Crippen LogP contribution in [0, 0.1) is 0 Å². The summed E-state index contributed by atoms with van der Waals surface area (Å²) in [6.45, 7) is 12.7. The summed E-state index contributed by atoms with van der Waals surface area (Å²) >= 11 is 0. The Morgan fingerprint density at radius 1 is 1.00 bits per heavy atom. The lowest BCUT2D eigenvalue weighted by molar-refractivity contribution is 0.0816. The minimum Gasteiger partial charge on any atom is -0.399 e. The van der Waals surface area contributed by atoms with Crippen LogP contribution in [0.1, 0.15) is 22.4 Å². The largest absolute Gasteiger partial charge is 0.399 e. The number of rotatable bonds is 9. The Labute approximate surface area is 203 Å². The summed E-state index contributed by atoms with van der Waals surface area (Å²) < 4.78 is 7.93. The average Bonchev–Trinajstić information content (AvgIpc) is 3.17. The van der Waals surface area contributed by atoms with Crippen LogP contribution in [0.2, 0.25) is 25.7 Å². The molecule has 0 atom stereocenters. The summed E-state index contributed by atoms with van der Waals surface area (Å²) in [6.07, 6.45) is 4.18. The Kier molecular flexibility index (Phi) is 7.15. The van der Waals surface area contributed by atoms with Gasteiger partial charge in [-0.2, -0.15) is 5.10 Å². The van der Waals surface area contributed by atoms with Crippen LogP contribution in [0.25, 0.3) is 28.6 Å². The highest BCUT2D eigenvalue weighted by Crippen LogP contribution is 2.28. The van der Waals surface area contributed by atoms with E-state index in [4.69, 9.17) is 15.6 Å². The second-order valence-electron chi connectivity index (χ2n) is 9.77. The minimum absolute atomic E-state index is 0.460. The lowest BCUT2D eigenvalue weighted by atomic mass is 9.94. The van der Waals surface area contributed by atoms with Gasteiger partial charge in [0.25, 0.3) is 0 Å². The second kappa shape index (κ2) is 10.2. The Morgan fingerprint density at radius 2 is 1.76 bits per heavy atom. The number of aromatic nitrogens is 2. The van der Waals surface area contributed by atoms with Crippen LogP contribution in [0.15, 0.2) is 79.4 Å². The van der Waals surface area contributed by atoms with Gasteiger partial charge in [0.05, 0.1) is 11.2 Å². The third-order valence-corrected chi connectivity index (χ3v) is 7.54. The molecule has 1 aromatic heterocycles. The Balaban J connectivity index is 1.59. The van der Waals surface area contributed by atoms with Crippen molar-refractivity contribution in [3.63, 3.8) is 0 Å². The molecule has 2 N–H and O–H groups in total. The topological polar surface area (TPSA) is 53.1 Å². The molecule has 174 valence electrons. The van der Waals surface area contributed by atoms with Gasteiger partial charge < -0.3 is 10.5 Å². The highest BCUT2D eigenvalue weighted by atomic mass is 28.3. The summed E-state index contributed by atoms with van der Waals surface area (Å²) in [5.74, 6) is 0. The molecule has 4 rings (SSSR count). The van der Waals surface area contributed by atoms with Crippen LogP contribution in [0.3, 0.4) is 0 Å². The van der Waals surface area contributed by atoms with Gasteiger partial charge in [-0.15, -0.1) is 0 Å². The van der Waals surface area contributed by atoms with Gasteiger partial charge in [-0.05, 0) is 52.6 Å². The number of fused-ring (bicyclic) bond motifs is 1. The number of hydrogen-bond acceptors (Lipinski definition) is 3. The zero-order valence-electron chi connectivity index (χ0n) is 20.3. The van der Waals surface area contributed by atoms with Crippen LogP contribution in [0.4, 0.5) is 5.69 Å². The molecular weight excluding hydrogens is 434 g/mol. The molecule has 0 saturated carbocycles. The van der Waals surface area contributed by atoms with Gasteiger partial charge in [-0.25, -0.2) is 4.68 Å². The first kappa shape index (κ1) is 23.7. The Hall–Kier alpha value is -3.41. The average molecular weight is 468 g/mol. The van der Waals surface area contributed by atoms with Gasteiger partial charge in [-0.3, -0.25) is 0 Å². The van der Waals surface area contributed by atoms with Crippen molar-refractivity contribution >= 4 is 42.4 Å². The van der Waals surface area contributed by atoms with E-state index in [1.807, 2.05) is 53.2 Å². The summed E-state index contributed by atoms with van der Waals surface area (Å²) in [6, 6.07) is 25.5. The molecule has 0 fully saturated rings. The fraction of sp³-hybridized carbons (Fsp3) is 0.207. The zero-order chi connectivity index (χ0) is 24.1. The molecule has 0 aliphatic carbocycles. The molecule has 5 heteroatoms. The van der Waals surface area contributed by atoms with Crippen molar-refractivity contribution in [1.82, 2.24) is 9.78 Å². The highest BCUT2D eigenvalue weighted by Gasteiger charge is 2.13. The summed E-state index contributed by atoms with van der Waals surface area (Å²) in [5.41, 5.74) is 12.8. The van der Waals surface area contributed by atoms with Crippen LogP contribution >= 0.6 is 0 Å². The maximum absolute atomic E-state index is 5.99. The SMILES string of the molecule is C=C(c1cccc(N)c1)c1ccccc1C=Cc1nn(COCC[Si](C)(C)C)c2ccccc12. The lowest BCUT2D eigenvalue weighted by Crippen LogP contribution is -2.22. The van der Waals surface area contributed by atoms with Gasteiger partial charge in [0.15, 0.2) is 0 Å². The van der Waals surface area contributed by atoms with Crippen molar-refractivity contribution in [2.24, 2.45) is 0 Å². The predicted octanol–water partition coefficient (Wildman–Crippen LogP) is 7.16. The van der Waals surface area contributed by atoms with E-state index in [1.54, 1.807) is 0 Å². The highest BCUT2D eigenvalue weighted by molar-refractivity contribution is 6.76. The molecular formula is C29H33N3OSi. The summed E-state index contributed by atoms with van der Waals surface area (Å²) in [7, 11) is -1.12. The molecule has 0 unspecified atom stereocenters. The van der Waals surface area contributed by atoms with E-state index >= 15 is 0 Å². The van der Waals surface area contributed by atoms with E-state index in [9.17, 15) is 0 Å². The number of para-hydroxylation sites is 1. The number of nitrogens with zero attached hydrogens (tertiary/aromatic N) is 2. The number of anilines is 1. The monoisotopic (exact) mass is 467 g/mol. The first-order chi connectivity index (χ1) is 16.3. The molecule has 0 amide bonds. The van der Waals surface area contributed by atoms with Crippen LogP contribution in [-0.4, -0.2) is 24.5 Å². The van der Waals surface area contributed by atoms with E-state index in [0.717, 1.165) is 57.2 Å². The van der Waals surface area contributed by atoms with E-state index in [0.29, 0.717) is 6.73 Å². The van der Waals surface area contributed by atoms with Crippen molar-refractivity contribution in [3.05, 3.63) is 102 Å². The molecule has 3 aromatic carbocycles.